The largest absolute Gasteiger partial charge is 0.395 e. The van der Waals surface area contributed by atoms with E-state index in [0.29, 0.717) is 12.0 Å². The van der Waals surface area contributed by atoms with E-state index in [2.05, 4.69) is 43.4 Å². The molecule has 1 saturated carbocycles. The summed E-state index contributed by atoms with van der Waals surface area (Å²) in [5.41, 5.74) is 2.91. The first kappa shape index (κ1) is 12.6. The predicted octanol–water partition coefficient (Wildman–Crippen LogP) is 2.60. The summed E-state index contributed by atoms with van der Waals surface area (Å²) in [6.45, 7) is 4.56. The summed E-state index contributed by atoms with van der Waals surface area (Å²) in [7, 11) is 0. The molecule has 1 aliphatic rings. The Morgan fingerprint density at radius 1 is 1.35 bits per heavy atom. The van der Waals surface area contributed by atoms with Crippen LogP contribution in [0.25, 0.3) is 0 Å². The number of aliphatic hydroxyl groups excluding tert-OH is 1. The van der Waals surface area contributed by atoms with Crippen LogP contribution in [0.5, 0.6) is 0 Å². The maximum Gasteiger partial charge on any atom is 0.0584 e. The average molecular weight is 233 g/mol. The molecule has 0 heterocycles. The zero-order chi connectivity index (χ0) is 12.3. The molecule has 94 valence electrons. The van der Waals surface area contributed by atoms with Gasteiger partial charge >= 0.3 is 0 Å². The summed E-state index contributed by atoms with van der Waals surface area (Å²) in [5, 5.41) is 12.7. The minimum atomic E-state index is 0.252. The van der Waals surface area contributed by atoms with Gasteiger partial charge in [-0.05, 0) is 43.2 Å². The molecule has 2 nitrogen and oxygen atoms in total. The van der Waals surface area contributed by atoms with Crippen LogP contribution < -0.4 is 5.32 Å². The maximum absolute atomic E-state index is 9.16. The van der Waals surface area contributed by atoms with Crippen LogP contribution in [0.4, 0.5) is 0 Å². The summed E-state index contributed by atoms with van der Waals surface area (Å²) >= 11 is 0. The molecule has 0 radical (unpaired) electrons. The number of nitrogens with one attached hydrogen (secondary N) is 1. The van der Waals surface area contributed by atoms with Crippen molar-refractivity contribution in [3.05, 3.63) is 35.4 Å². The van der Waals surface area contributed by atoms with E-state index in [1.54, 1.807) is 0 Å². The van der Waals surface area contributed by atoms with Crippen LogP contribution in [0.1, 0.15) is 43.2 Å². The van der Waals surface area contributed by atoms with E-state index in [0.717, 1.165) is 6.42 Å². The number of hydrogen-bond acceptors (Lipinski definition) is 2. The first-order valence-corrected chi connectivity index (χ1v) is 6.67. The van der Waals surface area contributed by atoms with Gasteiger partial charge in [-0.3, -0.25) is 0 Å². The summed E-state index contributed by atoms with van der Waals surface area (Å²) in [5.74, 6) is 0.713. The Hall–Kier alpha value is -0.860. The molecule has 2 rings (SSSR count). The van der Waals surface area contributed by atoms with Crippen molar-refractivity contribution in [2.75, 3.05) is 6.61 Å². The fraction of sp³-hybridized carbons (Fsp3) is 0.600. The standard InChI is InChI=1S/C15H23NO/c1-3-13(10-17)16-14-8-12(9-14)15-7-5-4-6-11(15)2/h4-7,12-14,16-17H,3,8-10H2,1-2H3/t12?,13-,14?/m0/s1. The van der Waals surface area contributed by atoms with Gasteiger partial charge in [0.05, 0.1) is 6.61 Å². The van der Waals surface area contributed by atoms with Crippen molar-refractivity contribution in [3.63, 3.8) is 0 Å². The second kappa shape index (κ2) is 5.65. The molecule has 17 heavy (non-hydrogen) atoms. The molecular weight excluding hydrogens is 210 g/mol. The van der Waals surface area contributed by atoms with Crippen LogP contribution in [0, 0.1) is 6.92 Å². The molecule has 1 atom stereocenters. The van der Waals surface area contributed by atoms with E-state index >= 15 is 0 Å². The van der Waals surface area contributed by atoms with Gasteiger partial charge in [0.1, 0.15) is 0 Å². The van der Waals surface area contributed by atoms with Gasteiger partial charge in [0.15, 0.2) is 0 Å². The highest BCUT2D eigenvalue weighted by molar-refractivity contribution is 5.31. The van der Waals surface area contributed by atoms with Crippen LogP contribution >= 0.6 is 0 Å². The SMILES string of the molecule is CC[C@@H](CO)NC1CC(c2ccccc2C)C1. The van der Waals surface area contributed by atoms with E-state index in [4.69, 9.17) is 5.11 Å². The quantitative estimate of drug-likeness (QED) is 0.819. The lowest BCUT2D eigenvalue weighted by Crippen LogP contribution is -2.46. The van der Waals surface area contributed by atoms with Crippen LogP contribution in [-0.4, -0.2) is 23.8 Å². The Labute approximate surface area is 104 Å². The number of hydrogen-bond donors (Lipinski definition) is 2. The fourth-order valence-corrected chi connectivity index (χ4v) is 2.69. The Kier molecular flexibility index (Phi) is 4.19. The van der Waals surface area contributed by atoms with Crippen molar-refractivity contribution < 1.29 is 5.11 Å². The summed E-state index contributed by atoms with van der Waals surface area (Å²) in [4.78, 5) is 0. The lowest BCUT2D eigenvalue weighted by atomic mass is 9.74. The van der Waals surface area contributed by atoms with Gasteiger partial charge in [0, 0.05) is 12.1 Å². The van der Waals surface area contributed by atoms with E-state index in [1.807, 2.05) is 0 Å². The predicted molar refractivity (Wildman–Crippen MR) is 71.2 cm³/mol. The topological polar surface area (TPSA) is 32.3 Å². The lowest BCUT2D eigenvalue weighted by Gasteiger charge is -2.39. The molecular formula is C15H23NO. The normalized spacial score (nSPS) is 25.4. The molecule has 2 heteroatoms. The van der Waals surface area contributed by atoms with Crippen LogP contribution in [0.15, 0.2) is 24.3 Å². The smallest absolute Gasteiger partial charge is 0.0584 e. The molecule has 1 aliphatic carbocycles. The number of aliphatic hydroxyl groups is 1. The minimum absolute atomic E-state index is 0.252. The van der Waals surface area contributed by atoms with Crippen molar-refractivity contribution in [2.24, 2.45) is 0 Å². The third-order valence-corrected chi connectivity index (χ3v) is 3.95. The zero-order valence-electron chi connectivity index (χ0n) is 10.8. The number of benzene rings is 1. The van der Waals surface area contributed by atoms with Gasteiger partial charge in [-0.1, -0.05) is 31.2 Å². The Morgan fingerprint density at radius 3 is 2.65 bits per heavy atom. The van der Waals surface area contributed by atoms with Gasteiger partial charge in [0.25, 0.3) is 0 Å². The van der Waals surface area contributed by atoms with Crippen molar-refractivity contribution in [1.82, 2.24) is 5.32 Å². The molecule has 0 aliphatic heterocycles. The highest BCUT2D eigenvalue weighted by atomic mass is 16.3. The first-order chi connectivity index (χ1) is 8.24. The summed E-state index contributed by atoms with van der Waals surface area (Å²) in [6, 6.07) is 9.55. The van der Waals surface area contributed by atoms with Gasteiger partial charge in [-0.15, -0.1) is 0 Å². The Balaban J connectivity index is 1.85. The molecule has 2 N–H and O–H groups in total. The lowest BCUT2D eigenvalue weighted by molar-refractivity contribution is 0.193. The van der Waals surface area contributed by atoms with Crippen molar-refractivity contribution >= 4 is 0 Å². The third kappa shape index (κ3) is 2.88. The first-order valence-electron chi connectivity index (χ1n) is 6.67. The van der Waals surface area contributed by atoms with Gasteiger partial charge in [0.2, 0.25) is 0 Å². The molecule has 0 bridgehead atoms. The summed E-state index contributed by atoms with van der Waals surface area (Å²) < 4.78 is 0. The van der Waals surface area contributed by atoms with E-state index < -0.39 is 0 Å². The Morgan fingerprint density at radius 2 is 2.06 bits per heavy atom. The average Bonchev–Trinajstić information content (AvgIpc) is 2.30. The second-order valence-electron chi connectivity index (χ2n) is 5.18. The van der Waals surface area contributed by atoms with Crippen LogP contribution in [0.2, 0.25) is 0 Å². The van der Waals surface area contributed by atoms with Crippen molar-refractivity contribution in [1.29, 1.82) is 0 Å². The fourth-order valence-electron chi connectivity index (χ4n) is 2.69. The monoisotopic (exact) mass is 233 g/mol. The number of rotatable bonds is 5. The molecule has 1 aromatic rings. The van der Waals surface area contributed by atoms with Gasteiger partial charge < -0.3 is 10.4 Å². The van der Waals surface area contributed by atoms with Crippen LogP contribution in [0.3, 0.4) is 0 Å². The second-order valence-corrected chi connectivity index (χ2v) is 5.18. The van der Waals surface area contributed by atoms with Crippen molar-refractivity contribution in [3.8, 4) is 0 Å². The van der Waals surface area contributed by atoms with Gasteiger partial charge in [-0.2, -0.15) is 0 Å². The third-order valence-electron chi connectivity index (χ3n) is 3.95. The van der Waals surface area contributed by atoms with E-state index in [9.17, 15) is 0 Å². The number of aryl methyl sites for hydroxylation is 1. The van der Waals surface area contributed by atoms with E-state index in [1.165, 1.54) is 24.0 Å². The molecule has 0 aromatic heterocycles. The zero-order valence-corrected chi connectivity index (χ0v) is 10.8. The molecule has 0 saturated heterocycles. The molecule has 1 fully saturated rings. The summed E-state index contributed by atoms with van der Waals surface area (Å²) in [6.07, 6.45) is 3.42. The highest BCUT2D eigenvalue weighted by Crippen LogP contribution is 2.38. The minimum Gasteiger partial charge on any atom is -0.395 e. The molecule has 1 aromatic carbocycles. The molecule has 0 spiro atoms. The van der Waals surface area contributed by atoms with Gasteiger partial charge in [-0.25, -0.2) is 0 Å². The van der Waals surface area contributed by atoms with E-state index in [-0.39, 0.29) is 12.6 Å². The van der Waals surface area contributed by atoms with Crippen LogP contribution in [-0.2, 0) is 0 Å². The molecule has 0 unspecified atom stereocenters. The molecule has 0 amide bonds. The van der Waals surface area contributed by atoms with Crippen molar-refractivity contribution in [2.45, 2.75) is 51.1 Å². The highest BCUT2D eigenvalue weighted by Gasteiger charge is 2.31. The Bertz CT molecular complexity index is 354. The maximum atomic E-state index is 9.16.